The van der Waals surface area contributed by atoms with Gasteiger partial charge in [0.15, 0.2) is 0 Å². The molecule has 0 fully saturated rings. The number of H-pyrrole nitrogens is 1. The first-order valence-corrected chi connectivity index (χ1v) is 4.33. The van der Waals surface area contributed by atoms with E-state index in [1.54, 1.807) is 0 Å². The van der Waals surface area contributed by atoms with Crippen LogP contribution in [0.2, 0.25) is 0 Å². The lowest BCUT2D eigenvalue weighted by Crippen LogP contribution is -1.95. The minimum Gasteiger partial charge on any atom is -0.321 e. The Labute approximate surface area is 81.5 Å². The summed E-state index contributed by atoms with van der Waals surface area (Å²) in [5.41, 5.74) is 3.35. The molecule has 1 heterocycles. The van der Waals surface area contributed by atoms with Crippen molar-refractivity contribution in [1.29, 1.82) is 0 Å². The van der Waals surface area contributed by atoms with Crippen molar-refractivity contribution in [2.45, 2.75) is 13.8 Å². The maximum atomic E-state index is 3.82. The fourth-order valence-corrected chi connectivity index (χ4v) is 1.21. The van der Waals surface area contributed by atoms with Crippen molar-refractivity contribution in [1.82, 2.24) is 20.6 Å². The van der Waals surface area contributed by atoms with Gasteiger partial charge in [-0.1, -0.05) is 17.2 Å². The molecule has 14 heavy (non-hydrogen) atoms. The lowest BCUT2D eigenvalue weighted by molar-refractivity contribution is 0.881. The Morgan fingerprint density at radius 3 is 2.86 bits per heavy atom. The lowest BCUT2D eigenvalue weighted by atomic mass is 10.1. The number of aromatic nitrogens is 4. The van der Waals surface area contributed by atoms with Crippen LogP contribution in [0.25, 0.3) is 0 Å². The van der Waals surface area contributed by atoms with Crippen LogP contribution < -0.4 is 5.32 Å². The average Bonchev–Trinajstić information content (AvgIpc) is 2.64. The average molecular weight is 189 g/mol. The third-order valence-electron chi connectivity index (χ3n) is 1.98. The highest BCUT2D eigenvalue weighted by Gasteiger charge is 2.01. The molecule has 0 amide bonds. The van der Waals surface area contributed by atoms with E-state index in [1.807, 2.05) is 19.9 Å². The molecule has 2 aromatic rings. The number of rotatable bonds is 2. The van der Waals surface area contributed by atoms with E-state index in [1.165, 1.54) is 5.56 Å². The Morgan fingerprint density at radius 1 is 1.29 bits per heavy atom. The van der Waals surface area contributed by atoms with Crippen molar-refractivity contribution in [3.8, 4) is 0 Å². The summed E-state index contributed by atoms with van der Waals surface area (Å²) in [5, 5.41) is 16.6. The molecule has 72 valence electrons. The summed E-state index contributed by atoms with van der Waals surface area (Å²) in [6.07, 6.45) is 0. The largest absolute Gasteiger partial charge is 0.321 e. The van der Waals surface area contributed by atoms with Crippen LogP contribution in [0.3, 0.4) is 0 Å². The van der Waals surface area contributed by atoms with Gasteiger partial charge in [-0.15, -0.1) is 5.10 Å². The van der Waals surface area contributed by atoms with E-state index in [2.05, 4.69) is 38.1 Å². The predicted octanol–water partition coefficient (Wildman–Crippen LogP) is 1.56. The van der Waals surface area contributed by atoms with Gasteiger partial charge in [-0.2, -0.15) is 5.21 Å². The molecule has 0 aliphatic heterocycles. The van der Waals surface area contributed by atoms with E-state index >= 15 is 0 Å². The molecule has 0 aliphatic carbocycles. The Kier molecular flexibility index (Phi) is 2.14. The van der Waals surface area contributed by atoms with Crippen LogP contribution in [-0.2, 0) is 0 Å². The molecule has 1 aromatic heterocycles. The number of nitrogens with one attached hydrogen (secondary N) is 2. The number of aryl methyl sites for hydroxylation is 2. The number of nitrogens with zero attached hydrogens (tertiary/aromatic N) is 3. The summed E-state index contributed by atoms with van der Waals surface area (Å²) < 4.78 is 0. The number of hydrogen-bond donors (Lipinski definition) is 2. The standard InChI is InChI=1S/C9H11N5/c1-6-3-4-7(2)8(5-6)10-9-11-13-14-12-9/h3-5H,1-2H3,(H2,10,11,12,13,14). The second-order valence-electron chi connectivity index (χ2n) is 3.18. The molecule has 0 saturated carbocycles. The maximum absolute atomic E-state index is 3.82. The Hall–Kier alpha value is -1.91. The van der Waals surface area contributed by atoms with Gasteiger partial charge in [0.25, 0.3) is 5.95 Å². The second-order valence-corrected chi connectivity index (χ2v) is 3.18. The van der Waals surface area contributed by atoms with E-state index < -0.39 is 0 Å². The monoisotopic (exact) mass is 189 g/mol. The number of aromatic amines is 1. The topological polar surface area (TPSA) is 66.5 Å². The molecular formula is C9H11N5. The van der Waals surface area contributed by atoms with Crippen LogP contribution in [-0.4, -0.2) is 20.6 Å². The first-order chi connectivity index (χ1) is 6.75. The zero-order valence-electron chi connectivity index (χ0n) is 8.07. The van der Waals surface area contributed by atoms with Gasteiger partial charge in [0.1, 0.15) is 0 Å². The SMILES string of the molecule is Cc1ccc(C)c(Nc2nn[nH]n2)c1. The van der Waals surface area contributed by atoms with Crippen molar-refractivity contribution < 1.29 is 0 Å². The van der Waals surface area contributed by atoms with Crippen LogP contribution in [0.1, 0.15) is 11.1 Å². The fraction of sp³-hybridized carbons (Fsp3) is 0.222. The van der Waals surface area contributed by atoms with Gasteiger partial charge in [-0.3, -0.25) is 0 Å². The van der Waals surface area contributed by atoms with Crippen LogP contribution in [0.5, 0.6) is 0 Å². The third kappa shape index (κ3) is 1.71. The minimum absolute atomic E-state index is 0.485. The quantitative estimate of drug-likeness (QED) is 0.752. The Morgan fingerprint density at radius 2 is 2.14 bits per heavy atom. The summed E-state index contributed by atoms with van der Waals surface area (Å²) in [4.78, 5) is 0. The zero-order chi connectivity index (χ0) is 9.97. The molecule has 5 nitrogen and oxygen atoms in total. The lowest BCUT2D eigenvalue weighted by Gasteiger charge is -2.06. The number of benzene rings is 1. The summed E-state index contributed by atoms with van der Waals surface area (Å²) in [7, 11) is 0. The van der Waals surface area contributed by atoms with E-state index in [-0.39, 0.29) is 0 Å². The molecule has 0 unspecified atom stereocenters. The van der Waals surface area contributed by atoms with Crippen LogP contribution in [0.15, 0.2) is 18.2 Å². The predicted molar refractivity (Wildman–Crippen MR) is 53.4 cm³/mol. The molecule has 0 bridgehead atoms. The smallest absolute Gasteiger partial charge is 0.267 e. The Bertz CT molecular complexity index is 421. The van der Waals surface area contributed by atoms with Crippen LogP contribution in [0.4, 0.5) is 11.6 Å². The van der Waals surface area contributed by atoms with Crippen LogP contribution >= 0.6 is 0 Å². The van der Waals surface area contributed by atoms with Gasteiger partial charge in [-0.05, 0) is 36.3 Å². The van der Waals surface area contributed by atoms with Crippen LogP contribution in [0, 0.1) is 13.8 Å². The first-order valence-electron chi connectivity index (χ1n) is 4.33. The normalized spacial score (nSPS) is 10.1. The number of anilines is 2. The molecule has 0 atom stereocenters. The van der Waals surface area contributed by atoms with Gasteiger partial charge in [0.2, 0.25) is 0 Å². The highest BCUT2D eigenvalue weighted by molar-refractivity contribution is 5.58. The minimum atomic E-state index is 0.485. The van der Waals surface area contributed by atoms with Crippen molar-refractivity contribution in [3.63, 3.8) is 0 Å². The van der Waals surface area contributed by atoms with Gasteiger partial charge < -0.3 is 5.32 Å². The third-order valence-corrected chi connectivity index (χ3v) is 1.98. The van der Waals surface area contributed by atoms with Gasteiger partial charge in [0.05, 0.1) is 0 Å². The van der Waals surface area contributed by atoms with Crippen molar-refractivity contribution in [2.24, 2.45) is 0 Å². The van der Waals surface area contributed by atoms with Gasteiger partial charge in [-0.25, -0.2) is 0 Å². The number of hydrogen-bond acceptors (Lipinski definition) is 4. The summed E-state index contributed by atoms with van der Waals surface area (Å²) in [6, 6.07) is 6.17. The molecular weight excluding hydrogens is 178 g/mol. The highest BCUT2D eigenvalue weighted by Crippen LogP contribution is 2.18. The molecule has 0 saturated heterocycles. The molecule has 1 aromatic carbocycles. The highest BCUT2D eigenvalue weighted by atomic mass is 15.5. The number of tetrazole rings is 1. The molecule has 0 aliphatic rings. The van der Waals surface area contributed by atoms with E-state index in [0.29, 0.717) is 5.95 Å². The summed E-state index contributed by atoms with van der Waals surface area (Å²) >= 11 is 0. The van der Waals surface area contributed by atoms with E-state index in [0.717, 1.165) is 11.3 Å². The van der Waals surface area contributed by atoms with E-state index in [4.69, 9.17) is 0 Å². The second kappa shape index (κ2) is 3.45. The van der Waals surface area contributed by atoms with Crippen molar-refractivity contribution in [3.05, 3.63) is 29.3 Å². The molecule has 2 N–H and O–H groups in total. The summed E-state index contributed by atoms with van der Waals surface area (Å²) in [5.74, 6) is 0.485. The van der Waals surface area contributed by atoms with Gasteiger partial charge >= 0.3 is 0 Å². The molecule has 0 spiro atoms. The van der Waals surface area contributed by atoms with E-state index in [9.17, 15) is 0 Å². The van der Waals surface area contributed by atoms with Gasteiger partial charge in [0, 0.05) is 5.69 Å². The van der Waals surface area contributed by atoms with Crippen molar-refractivity contribution >= 4 is 11.6 Å². The summed E-state index contributed by atoms with van der Waals surface area (Å²) in [6.45, 7) is 4.07. The molecule has 0 radical (unpaired) electrons. The molecule has 5 heteroatoms. The maximum Gasteiger partial charge on any atom is 0.267 e. The molecule has 2 rings (SSSR count). The fourth-order valence-electron chi connectivity index (χ4n) is 1.21. The zero-order valence-corrected chi connectivity index (χ0v) is 8.07. The van der Waals surface area contributed by atoms with Crippen molar-refractivity contribution in [2.75, 3.05) is 5.32 Å². The Balaban J connectivity index is 2.28. The first kappa shape index (κ1) is 8.68.